The molecule has 2 heteroatoms. The van der Waals surface area contributed by atoms with Gasteiger partial charge in [-0.3, -0.25) is 0 Å². The van der Waals surface area contributed by atoms with Gasteiger partial charge in [-0.05, 0) is 23.1 Å². The molecule has 0 fully saturated rings. The molecule has 2 rings (SSSR count). The van der Waals surface area contributed by atoms with Crippen molar-refractivity contribution in [3.05, 3.63) is 71.3 Å². The second-order valence-corrected chi connectivity index (χ2v) is 5.11. The van der Waals surface area contributed by atoms with Crippen molar-refractivity contribution in [2.24, 2.45) is 0 Å². The molecule has 2 aromatic rings. The lowest BCUT2D eigenvalue weighted by Gasteiger charge is -2.14. The van der Waals surface area contributed by atoms with Gasteiger partial charge in [-0.15, -0.1) is 9.24 Å². The Kier molecular flexibility index (Phi) is 8.18. The van der Waals surface area contributed by atoms with Crippen molar-refractivity contribution in [3.8, 4) is 0 Å². The van der Waals surface area contributed by atoms with E-state index in [-0.39, 0.29) is 0 Å². The summed E-state index contributed by atoms with van der Waals surface area (Å²) in [5.41, 5.74) is 4.04. The molecule has 0 heterocycles. The lowest BCUT2D eigenvalue weighted by atomic mass is 10.1. The monoisotopic (exact) mass is 287 g/mol. The number of benzene rings is 2. The van der Waals surface area contributed by atoms with Gasteiger partial charge in [0.05, 0.1) is 0 Å². The Balaban J connectivity index is 0.000000956. The number of aryl methyl sites for hydroxylation is 1. The van der Waals surface area contributed by atoms with Gasteiger partial charge < -0.3 is 5.32 Å². The van der Waals surface area contributed by atoms with Crippen LogP contribution in [-0.2, 0) is 13.0 Å². The van der Waals surface area contributed by atoms with Crippen LogP contribution in [0.25, 0.3) is 0 Å². The van der Waals surface area contributed by atoms with Crippen molar-refractivity contribution in [2.45, 2.75) is 39.5 Å². The van der Waals surface area contributed by atoms with E-state index in [1.807, 2.05) is 19.9 Å². The zero-order chi connectivity index (χ0) is 14.8. The highest BCUT2D eigenvalue weighted by Gasteiger charge is 2.03. The van der Waals surface area contributed by atoms with E-state index in [1.165, 1.54) is 16.7 Å². The molecule has 2 aromatic carbocycles. The Morgan fingerprint density at radius 2 is 1.60 bits per heavy atom. The average Bonchev–Trinajstić information content (AvgIpc) is 2.55. The molecule has 20 heavy (non-hydrogen) atoms. The van der Waals surface area contributed by atoms with Crippen LogP contribution in [0, 0.1) is 0 Å². The Hall–Kier alpha value is -1.17. The quantitative estimate of drug-likeness (QED) is 0.768. The van der Waals surface area contributed by atoms with Gasteiger partial charge in [0.15, 0.2) is 0 Å². The molecule has 0 aliphatic carbocycles. The van der Waals surface area contributed by atoms with Crippen LogP contribution in [0.4, 0.5) is 0 Å². The molecule has 0 aromatic heterocycles. The predicted octanol–water partition coefficient (Wildman–Crippen LogP) is 4.94. The highest BCUT2D eigenvalue weighted by atomic mass is 31.0. The maximum atomic E-state index is 3.53. The molecule has 0 saturated carbocycles. The summed E-state index contributed by atoms with van der Waals surface area (Å²) in [5.74, 6) is 0.302. The van der Waals surface area contributed by atoms with Crippen LogP contribution in [0.15, 0.2) is 54.6 Å². The van der Waals surface area contributed by atoms with Crippen LogP contribution in [0.1, 0.15) is 43.2 Å². The summed E-state index contributed by atoms with van der Waals surface area (Å²) in [4.78, 5) is 0. The third-order valence-electron chi connectivity index (χ3n) is 3.08. The summed E-state index contributed by atoms with van der Waals surface area (Å²) >= 11 is 0. The minimum absolute atomic E-state index is 0.302. The summed E-state index contributed by atoms with van der Waals surface area (Å²) < 4.78 is 0. The number of hydrogen-bond donors (Lipinski definition) is 1. The van der Waals surface area contributed by atoms with Gasteiger partial charge in [0.25, 0.3) is 0 Å². The topological polar surface area (TPSA) is 12.0 Å². The minimum Gasteiger partial charge on any atom is -0.303 e. The Morgan fingerprint density at radius 3 is 2.25 bits per heavy atom. The first-order valence-corrected chi connectivity index (χ1v) is 8.08. The van der Waals surface area contributed by atoms with Gasteiger partial charge >= 0.3 is 0 Å². The number of nitrogens with one attached hydrogen (secondary N) is 1. The van der Waals surface area contributed by atoms with E-state index in [2.05, 4.69) is 70.0 Å². The summed E-state index contributed by atoms with van der Waals surface area (Å²) in [6.45, 7) is 7.09. The molecule has 1 N–H and O–H groups in total. The van der Waals surface area contributed by atoms with Crippen molar-refractivity contribution in [1.82, 2.24) is 5.32 Å². The van der Waals surface area contributed by atoms with E-state index < -0.39 is 0 Å². The van der Waals surface area contributed by atoms with Crippen molar-refractivity contribution in [1.29, 1.82) is 0 Å². The lowest BCUT2D eigenvalue weighted by Crippen LogP contribution is -2.15. The van der Waals surface area contributed by atoms with Gasteiger partial charge in [-0.25, -0.2) is 0 Å². The van der Waals surface area contributed by atoms with Gasteiger partial charge in [0, 0.05) is 12.3 Å². The molecular formula is C18H26NP. The van der Waals surface area contributed by atoms with E-state index in [0.717, 1.165) is 13.0 Å². The van der Waals surface area contributed by atoms with Crippen LogP contribution in [0.2, 0.25) is 0 Å². The van der Waals surface area contributed by atoms with Crippen LogP contribution in [0.5, 0.6) is 0 Å². The van der Waals surface area contributed by atoms with Gasteiger partial charge in [0.1, 0.15) is 0 Å². The smallest absolute Gasteiger partial charge is 0.0466 e. The zero-order valence-corrected chi connectivity index (χ0v) is 13.9. The highest BCUT2D eigenvalue weighted by Crippen LogP contribution is 2.19. The van der Waals surface area contributed by atoms with Crippen molar-refractivity contribution in [3.63, 3.8) is 0 Å². The third-order valence-corrected chi connectivity index (χ3v) is 3.71. The molecule has 108 valence electrons. The fourth-order valence-electron chi connectivity index (χ4n) is 1.97. The zero-order valence-electron chi connectivity index (χ0n) is 12.8. The fraction of sp³-hybridized carbons (Fsp3) is 0.333. The maximum absolute atomic E-state index is 3.53. The maximum Gasteiger partial charge on any atom is 0.0466 e. The largest absolute Gasteiger partial charge is 0.303 e. The van der Waals surface area contributed by atoms with Crippen molar-refractivity contribution >= 4 is 9.24 Å². The minimum atomic E-state index is 0.302. The molecule has 0 bridgehead atoms. The van der Waals surface area contributed by atoms with E-state index in [4.69, 9.17) is 0 Å². The highest BCUT2D eigenvalue weighted by molar-refractivity contribution is 7.17. The van der Waals surface area contributed by atoms with Gasteiger partial charge in [-0.1, -0.05) is 75.4 Å². The molecule has 0 radical (unpaired) electrons. The molecule has 0 amide bonds. The normalized spacial score (nSPS) is 11.4. The number of hydrogen-bond acceptors (Lipinski definition) is 1. The lowest BCUT2D eigenvalue weighted by molar-refractivity contribution is 0.677. The van der Waals surface area contributed by atoms with Crippen LogP contribution >= 0.6 is 9.24 Å². The summed E-state index contributed by atoms with van der Waals surface area (Å²) in [5, 5.41) is 3.53. The molecule has 0 aliphatic rings. The first-order chi connectivity index (χ1) is 9.79. The van der Waals surface area contributed by atoms with E-state index >= 15 is 0 Å². The second kappa shape index (κ2) is 9.69. The Labute approximate surface area is 126 Å². The van der Waals surface area contributed by atoms with E-state index in [0.29, 0.717) is 5.78 Å². The predicted molar refractivity (Wildman–Crippen MR) is 92.9 cm³/mol. The summed E-state index contributed by atoms with van der Waals surface area (Å²) in [6.07, 6.45) is 1.09. The number of rotatable bonds is 5. The molecule has 2 unspecified atom stereocenters. The van der Waals surface area contributed by atoms with Crippen LogP contribution in [-0.4, -0.2) is 0 Å². The third kappa shape index (κ3) is 5.45. The second-order valence-electron chi connectivity index (χ2n) is 4.44. The SMILES string of the molecule is CC.CCc1cccc(CNC(P)c2ccccc2)c1. The standard InChI is InChI=1S/C16H20NP.C2H6/c1-2-13-7-6-8-14(11-13)12-17-16(18)15-9-4-3-5-10-15;1-2/h3-11,16-17H,2,12,18H2,1H3;1-2H3. The van der Waals surface area contributed by atoms with Crippen molar-refractivity contribution in [2.75, 3.05) is 0 Å². The summed E-state index contributed by atoms with van der Waals surface area (Å²) in [6, 6.07) is 19.3. The Morgan fingerprint density at radius 1 is 0.950 bits per heavy atom. The molecule has 1 nitrogen and oxygen atoms in total. The molecule has 2 atom stereocenters. The first kappa shape index (κ1) is 16.9. The van der Waals surface area contributed by atoms with E-state index in [9.17, 15) is 0 Å². The van der Waals surface area contributed by atoms with Gasteiger partial charge in [-0.2, -0.15) is 0 Å². The Bertz CT molecular complexity index is 482. The summed E-state index contributed by atoms with van der Waals surface area (Å²) in [7, 11) is 2.86. The van der Waals surface area contributed by atoms with Crippen LogP contribution in [0.3, 0.4) is 0 Å². The molecule has 0 aliphatic heterocycles. The van der Waals surface area contributed by atoms with E-state index in [1.54, 1.807) is 0 Å². The first-order valence-electron chi connectivity index (χ1n) is 7.41. The van der Waals surface area contributed by atoms with Gasteiger partial charge in [0.2, 0.25) is 0 Å². The molecule has 0 spiro atoms. The molecular weight excluding hydrogens is 261 g/mol. The average molecular weight is 287 g/mol. The van der Waals surface area contributed by atoms with Crippen LogP contribution < -0.4 is 5.32 Å². The van der Waals surface area contributed by atoms with Crippen molar-refractivity contribution < 1.29 is 0 Å². The fourth-order valence-corrected chi connectivity index (χ4v) is 2.31. The molecule has 0 saturated heterocycles.